The number of imidazole rings is 1. The molecule has 1 atom stereocenters. The molecule has 1 unspecified atom stereocenters. The molecule has 21 heavy (non-hydrogen) atoms. The fourth-order valence-electron chi connectivity index (χ4n) is 2.59. The first-order valence-corrected chi connectivity index (χ1v) is 7.81. The predicted molar refractivity (Wildman–Crippen MR) is 82.1 cm³/mol. The van der Waals surface area contributed by atoms with E-state index in [1.165, 1.54) is 11.8 Å². The van der Waals surface area contributed by atoms with Crippen LogP contribution in [0.15, 0.2) is 23.4 Å². The number of nitrogens with zero attached hydrogens (tertiary/aromatic N) is 2. The van der Waals surface area contributed by atoms with E-state index in [1.807, 2.05) is 18.2 Å². The molecule has 1 aromatic carbocycles. The van der Waals surface area contributed by atoms with E-state index in [1.54, 1.807) is 7.11 Å². The van der Waals surface area contributed by atoms with Gasteiger partial charge in [-0.05, 0) is 24.0 Å². The van der Waals surface area contributed by atoms with Crippen molar-refractivity contribution < 1.29 is 14.6 Å². The molecule has 0 amide bonds. The summed E-state index contributed by atoms with van der Waals surface area (Å²) in [5.74, 6) is -0.0450. The Hall–Kier alpha value is -1.69. The van der Waals surface area contributed by atoms with E-state index in [9.17, 15) is 4.79 Å². The normalized spacial score (nSPS) is 19.7. The van der Waals surface area contributed by atoms with E-state index in [4.69, 9.17) is 9.84 Å². The number of methoxy groups -OCH3 is 1. The Bertz CT molecular complexity index is 708. The standard InChI is InChI=1S/C15H18N2O3S/c1-15(2)7-12(15)17-11-5-4-9(20-3)6-10(11)16-14(17)21-8-13(18)19/h4-6,12H,7-8H2,1-3H3,(H,18,19). The summed E-state index contributed by atoms with van der Waals surface area (Å²) in [5, 5.41) is 9.68. The van der Waals surface area contributed by atoms with Gasteiger partial charge in [0.05, 0.1) is 23.9 Å². The Labute approximate surface area is 127 Å². The highest BCUT2D eigenvalue weighted by molar-refractivity contribution is 7.99. The lowest BCUT2D eigenvalue weighted by atomic mass is 10.2. The summed E-state index contributed by atoms with van der Waals surface area (Å²) in [6.07, 6.45) is 1.09. The fourth-order valence-corrected chi connectivity index (χ4v) is 3.37. The Morgan fingerprint density at radius 3 is 2.86 bits per heavy atom. The lowest BCUT2D eigenvalue weighted by molar-refractivity contribution is -0.133. The number of carboxylic acid groups (broad SMARTS) is 1. The number of hydrogen-bond acceptors (Lipinski definition) is 4. The van der Waals surface area contributed by atoms with Gasteiger partial charge < -0.3 is 14.4 Å². The molecule has 0 spiro atoms. The van der Waals surface area contributed by atoms with E-state index in [0.29, 0.717) is 6.04 Å². The van der Waals surface area contributed by atoms with Gasteiger partial charge in [0.2, 0.25) is 0 Å². The monoisotopic (exact) mass is 306 g/mol. The Morgan fingerprint density at radius 2 is 2.29 bits per heavy atom. The molecule has 1 aromatic heterocycles. The van der Waals surface area contributed by atoms with Crippen molar-refractivity contribution in [2.24, 2.45) is 5.41 Å². The number of rotatable bonds is 5. The number of carbonyl (C=O) groups is 1. The highest BCUT2D eigenvalue weighted by atomic mass is 32.2. The number of hydrogen-bond donors (Lipinski definition) is 1. The predicted octanol–water partition coefficient (Wildman–Crippen LogP) is 3.19. The van der Waals surface area contributed by atoms with Gasteiger partial charge >= 0.3 is 5.97 Å². The maximum Gasteiger partial charge on any atom is 0.313 e. The summed E-state index contributed by atoms with van der Waals surface area (Å²) in [6.45, 7) is 4.44. The number of aromatic nitrogens is 2. The number of benzene rings is 1. The van der Waals surface area contributed by atoms with E-state index in [0.717, 1.165) is 28.4 Å². The molecule has 5 nitrogen and oxygen atoms in total. The minimum atomic E-state index is -0.828. The summed E-state index contributed by atoms with van der Waals surface area (Å²) in [5.41, 5.74) is 2.13. The number of ether oxygens (including phenoxy) is 1. The summed E-state index contributed by atoms with van der Waals surface area (Å²) in [6, 6.07) is 6.20. The highest BCUT2D eigenvalue weighted by Crippen LogP contribution is 2.57. The molecule has 1 fully saturated rings. The second kappa shape index (κ2) is 4.94. The van der Waals surface area contributed by atoms with Crippen molar-refractivity contribution in [1.29, 1.82) is 0 Å². The van der Waals surface area contributed by atoms with Crippen molar-refractivity contribution in [2.75, 3.05) is 12.9 Å². The molecule has 1 N–H and O–H groups in total. The highest BCUT2D eigenvalue weighted by Gasteiger charge is 2.48. The van der Waals surface area contributed by atoms with Gasteiger partial charge in [0.15, 0.2) is 5.16 Å². The van der Waals surface area contributed by atoms with Crippen LogP contribution < -0.4 is 4.74 Å². The van der Waals surface area contributed by atoms with Gasteiger partial charge in [-0.2, -0.15) is 0 Å². The summed E-state index contributed by atoms with van der Waals surface area (Å²) in [4.78, 5) is 15.4. The lowest BCUT2D eigenvalue weighted by Crippen LogP contribution is -2.04. The third-order valence-electron chi connectivity index (χ3n) is 3.96. The van der Waals surface area contributed by atoms with Crippen LogP contribution in [0.2, 0.25) is 0 Å². The Kier molecular flexibility index (Phi) is 3.36. The van der Waals surface area contributed by atoms with Crippen molar-refractivity contribution >= 4 is 28.8 Å². The average Bonchev–Trinajstić information content (AvgIpc) is 2.92. The third kappa shape index (κ3) is 2.60. The first-order chi connectivity index (χ1) is 9.92. The van der Waals surface area contributed by atoms with Crippen LogP contribution in [0.5, 0.6) is 5.75 Å². The molecule has 0 aliphatic heterocycles. The number of aliphatic carboxylic acids is 1. The first-order valence-electron chi connectivity index (χ1n) is 6.83. The maximum atomic E-state index is 10.8. The molecular weight excluding hydrogens is 288 g/mol. The van der Waals surface area contributed by atoms with Gasteiger partial charge in [0.1, 0.15) is 5.75 Å². The molecular formula is C15H18N2O3S. The summed E-state index contributed by atoms with van der Waals surface area (Å²) in [7, 11) is 1.63. The second-order valence-electron chi connectivity index (χ2n) is 6.01. The SMILES string of the molecule is COc1ccc2c(c1)nc(SCC(=O)O)n2C1CC1(C)C. The van der Waals surface area contributed by atoms with Crippen molar-refractivity contribution in [1.82, 2.24) is 9.55 Å². The maximum absolute atomic E-state index is 10.8. The second-order valence-corrected chi connectivity index (χ2v) is 6.95. The van der Waals surface area contributed by atoms with Crippen molar-refractivity contribution in [3.05, 3.63) is 18.2 Å². The molecule has 1 heterocycles. The van der Waals surface area contributed by atoms with Crippen LogP contribution in [0.3, 0.4) is 0 Å². The molecule has 1 saturated carbocycles. The van der Waals surface area contributed by atoms with Crippen molar-refractivity contribution in [3.63, 3.8) is 0 Å². The molecule has 0 saturated heterocycles. The van der Waals surface area contributed by atoms with Gasteiger partial charge in [-0.15, -0.1) is 0 Å². The van der Waals surface area contributed by atoms with Crippen LogP contribution in [0.25, 0.3) is 11.0 Å². The molecule has 112 valence electrons. The van der Waals surface area contributed by atoms with E-state index >= 15 is 0 Å². The zero-order valence-corrected chi connectivity index (χ0v) is 13.1. The number of fused-ring (bicyclic) bond motifs is 1. The van der Waals surface area contributed by atoms with Crippen molar-refractivity contribution in [3.8, 4) is 5.75 Å². The van der Waals surface area contributed by atoms with E-state index in [-0.39, 0.29) is 11.2 Å². The molecule has 6 heteroatoms. The van der Waals surface area contributed by atoms with Gasteiger partial charge in [0.25, 0.3) is 0 Å². The van der Waals surface area contributed by atoms with Crippen LogP contribution in [0.4, 0.5) is 0 Å². The van der Waals surface area contributed by atoms with E-state index in [2.05, 4.69) is 23.4 Å². The zero-order chi connectivity index (χ0) is 15.2. The number of carboxylic acids is 1. The molecule has 0 radical (unpaired) electrons. The first kappa shape index (κ1) is 14.3. The Morgan fingerprint density at radius 1 is 1.57 bits per heavy atom. The fraction of sp³-hybridized carbons (Fsp3) is 0.467. The quantitative estimate of drug-likeness (QED) is 0.859. The topological polar surface area (TPSA) is 64.3 Å². The van der Waals surface area contributed by atoms with Crippen LogP contribution in [-0.2, 0) is 4.79 Å². The van der Waals surface area contributed by atoms with Gasteiger partial charge in [0, 0.05) is 12.1 Å². The minimum Gasteiger partial charge on any atom is -0.497 e. The van der Waals surface area contributed by atoms with E-state index < -0.39 is 5.97 Å². The van der Waals surface area contributed by atoms with Crippen molar-refractivity contribution in [2.45, 2.75) is 31.5 Å². The van der Waals surface area contributed by atoms with Crippen LogP contribution in [0.1, 0.15) is 26.3 Å². The van der Waals surface area contributed by atoms with Gasteiger partial charge in [-0.3, -0.25) is 4.79 Å². The molecule has 3 rings (SSSR count). The molecule has 1 aliphatic carbocycles. The van der Waals surface area contributed by atoms with Gasteiger partial charge in [-0.25, -0.2) is 4.98 Å². The largest absolute Gasteiger partial charge is 0.497 e. The summed E-state index contributed by atoms with van der Waals surface area (Å²) < 4.78 is 7.42. The smallest absolute Gasteiger partial charge is 0.313 e. The zero-order valence-electron chi connectivity index (χ0n) is 12.3. The Balaban J connectivity index is 2.06. The lowest BCUT2D eigenvalue weighted by Gasteiger charge is -2.10. The van der Waals surface area contributed by atoms with Gasteiger partial charge in [-0.1, -0.05) is 25.6 Å². The average molecular weight is 306 g/mol. The third-order valence-corrected chi connectivity index (χ3v) is 4.90. The minimum absolute atomic E-state index is 0.0214. The number of thioether (sulfide) groups is 1. The summed E-state index contributed by atoms with van der Waals surface area (Å²) >= 11 is 1.27. The van der Waals surface area contributed by atoms with Crippen LogP contribution in [0, 0.1) is 5.41 Å². The van der Waals surface area contributed by atoms with Crippen LogP contribution in [-0.4, -0.2) is 33.5 Å². The van der Waals surface area contributed by atoms with Crippen LogP contribution >= 0.6 is 11.8 Å². The molecule has 1 aliphatic rings. The molecule has 2 aromatic rings. The molecule has 0 bridgehead atoms.